The van der Waals surface area contributed by atoms with Gasteiger partial charge >= 0.3 is 5.97 Å². The van der Waals surface area contributed by atoms with E-state index in [1.165, 1.54) is 12.1 Å². The second kappa shape index (κ2) is 9.00. The SMILES string of the molecule is CCC(C)[C@@H](NCc1c(O)ccc2c(=O)c(Oc3ccccc3)c(C)oc12)C(=O)O. The van der Waals surface area contributed by atoms with E-state index in [2.05, 4.69) is 5.32 Å². The van der Waals surface area contributed by atoms with Crippen molar-refractivity contribution in [3.8, 4) is 17.2 Å². The third kappa shape index (κ3) is 4.31. The summed E-state index contributed by atoms with van der Waals surface area (Å²) in [6.07, 6.45) is 0.680. The summed E-state index contributed by atoms with van der Waals surface area (Å²) in [5.41, 5.74) is 0.169. The fourth-order valence-electron chi connectivity index (χ4n) is 3.27. The maximum Gasteiger partial charge on any atom is 0.320 e. The summed E-state index contributed by atoms with van der Waals surface area (Å²) in [7, 11) is 0. The highest BCUT2D eigenvalue weighted by Gasteiger charge is 2.24. The minimum Gasteiger partial charge on any atom is -0.507 e. The van der Waals surface area contributed by atoms with Crippen molar-refractivity contribution in [1.82, 2.24) is 5.32 Å². The standard InChI is InChI=1S/C23H25NO6/c1-4-13(2)19(23(27)28)24-12-17-18(25)11-10-16-20(26)21(14(3)29-22(16)17)30-15-8-6-5-7-9-15/h5-11,13,19,24-25H,4,12H2,1-3H3,(H,27,28)/t13?,19-/m1/s1. The summed E-state index contributed by atoms with van der Waals surface area (Å²) in [5.74, 6) is -0.325. The largest absolute Gasteiger partial charge is 0.507 e. The van der Waals surface area contributed by atoms with Crippen LogP contribution in [0.2, 0.25) is 0 Å². The van der Waals surface area contributed by atoms with E-state index in [0.717, 1.165) is 0 Å². The predicted molar refractivity (Wildman–Crippen MR) is 113 cm³/mol. The summed E-state index contributed by atoms with van der Waals surface area (Å²) < 4.78 is 11.6. The lowest BCUT2D eigenvalue weighted by Crippen LogP contribution is -2.41. The van der Waals surface area contributed by atoms with Crippen molar-refractivity contribution in [3.63, 3.8) is 0 Å². The Morgan fingerprint density at radius 1 is 1.20 bits per heavy atom. The van der Waals surface area contributed by atoms with Gasteiger partial charge in [0, 0.05) is 6.54 Å². The number of nitrogens with one attached hydrogen (secondary N) is 1. The van der Waals surface area contributed by atoms with Crippen LogP contribution in [0.25, 0.3) is 11.0 Å². The number of carboxylic acids is 1. The van der Waals surface area contributed by atoms with Crippen molar-refractivity contribution >= 4 is 16.9 Å². The molecular formula is C23H25NO6. The summed E-state index contributed by atoms with van der Waals surface area (Å²) in [5, 5.41) is 23.1. The predicted octanol–water partition coefficient (Wildman–Crippen LogP) is 4.19. The smallest absolute Gasteiger partial charge is 0.320 e. The van der Waals surface area contributed by atoms with Crippen LogP contribution in [0.15, 0.2) is 51.7 Å². The Morgan fingerprint density at radius 3 is 2.53 bits per heavy atom. The van der Waals surface area contributed by atoms with E-state index < -0.39 is 12.0 Å². The topological polar surface area (TPSA) is 109 Å². The molecule has 2 atom stereocenters. The van der Waals surface area contributed by atoms with Gasteiger partial charge in [-0.1, -0.05) is 38.5 Å². The molecule has 3 aromatic rings. The lowest BCUT2D eigenvalue weighted by atomic mass is 9.98. The first-order valence-corrected chi connectivity index (χ1v) is 9.80. The molecule has 0 spiro atoms. The first kappa shape index (κ1) is 21.4. The van der Waals surface area contributed by atoms with Gasteiger partial charge in [0.1, 0.15) is 28.9 Å². The molecule has 0 fully saturated rings. The van der Waals surface area contributed by atoms with Crippen LogP contribution in [0.3, 0.4) is 0 Å². The molecule has 0 saturated carbocycles. The van der Waals surface area contributed by atoms with Crippen LogP contribution >= 0.6 is 0 Å². The maximum absolute atomic E-state index is 13.0. The number of fused-ring (bicyclic) bond motifs is 1. The Morgan fingerprint density at radius 2 is 1.90 bits per heavy atom. The molecule has 0 aliphatic carbocycles. The van der Waals surface area contributed by atoms with Gasteiger partial charge in [-0.3, -0.25) is 14.9 Å². The van der Waals surface area contributed by atoms with Gasteiger partial charge in [-0.15, -0.1) is 0 Å². The van der Waals surface area contributed by atoms with Crippen LogP contribution in [0.1, 0.15) is 31.6 Å². The van der Waals surface area contributed by atoms with Gasteiger partial charge in [0.05, 0.1) is 10.9 Å². The number of aromatic hydroxyl groups is 1. The molecule has 1 aromatic heterocycles. The average molecular weight is 411 g/mol. The number of para-hydroxylation sites is 1. The fraction of sp³-hybridized carbons (Fsp3) is 0.304. The Hall–Kier alpha value is -3.32. The van der Waals surface area contributed by atoms with Gasteiger partial charge in [-0.2, -0.15) is 0 Å². The molecule has 0 bridgehead atoms. The molecule has 0 aliphatic heterocycles. The average Bonchev–Trinajstić information content (AvgIpc) is 2.73. The Labute approximate surface area is 173 Å². The van der Waals surface area contributed by atoms with Crippen molar-refractivity contribution in [1.29, 1.82) is 0 Å². The third-order valence-electron chi connectivity index (χ3n) is 5.20. The van der Waals surface area contributed by atoms with E-state index in [9.17, 15) is 19.8 Å². The molecule has 3 rings (SSSR count). The number of ether oxygens (including phenoxy) is 1. The molecule has 1 heterocycles. The van der Waals surface area contributed by atoms with Crippen molar-refractivity contribution in [2.75, 3.05) is 0 Å². The van der Waals surface area contributed by atoms with E-state index in [4.69, 9.17) is 9.15 Å². The number of phenols is 1. The number of hydrogen-bond donors (Lipinski definition) is 3. The van der Waals surface area contributed by atoms with Crippen molar-refractivity contribution in [2.24, 2.45) is 5.92 Å². The van der Waals surface area contributed by atoms with Gasteiger partial charge in [0.15, 0.2) is 0 Å². The van der Waals surface area contributed by atoms with E-state index in [0.29, 0.717) is 17.7 Å². The Bertz CT molecular complexity index is 1110. The van der Waals surface area contributed by atoms with E-state index >= 15 is 0 Å². The maximum atomic E-state index is 13.0. The summed E-state index contributed by atoms with van der Waals surface area (Å²) >= 11 is 0. The third-order valence-corrected chi connectivity index (χ3v) is 5.20. The number of carboxylic acid groups (broad SMARTS) is 1. The zero-order chi connectivity index (χ0) is 21.8. The zero-order valence-corrected chi connectivity index (χ0v) is 17.1. The molecule has 3 N–H and O–H groups in total. The number of rotatable bonds is 8. The van der Waals surface area contributed by atoms with Gasteiger partial charge < -0.3 is 19.4 Å². The second-order valence-corrected chi connectivity index (χ2v) is 7.25. The summed E-state index contributed by atoms with van der Waals surface area (Å²) in [6, 6.07) is 11.0. The van der Waals surface area contributed by atoms with Crippen LogP contribution < -0.4 is 15.5 Å². The number of carbonyl (C=O) groups is 1. The molecule has 0 aliphatic rings. The first-order chi connectivity index (χ1) is 14.3. The molecule has 7 heteroatoms. The number of phenolic OH excluding ortho intramolecular Hbond substituents is 1. The van der Waals surface area contributed by atoms with Gasteiger partial charge in [0.2, 0.25) is 11.2 Å². The number of aryl methyl sites for hydroxylation is 1. The van der Waals surface area contributed by atoms with Crippen molar-refractivity contribution in [2.45, 2.75) is 39.8 Å². The number of aliphatic carboxylic acids is 1. The quantitative estimate of drug-likeness (QED) is 0.510. The molecule has 0 radical (unpaired) electrons. The number of benzene rings is 2. The molecule has 30 heavy (non-hydrogen) atoms. The molecule has 1 unspecified atom stereocenters. The van der Waals surface area contributed by atoms with Crippen LogP contribution in [-0.4, -0.2) is 22.2 Å². The summed E-state index contributed by atoms with van der Waals surface area (Å²) in [6.45, 7) is 5.39. The highest BCUT2D eigenvalue weighted by atomic mass is 16.5. The molecular weight excluding hydrogens is 386 g/mol. The normalized spacial score (nSPS) is 13.2. The lowest BCUT2D eigenvalue weighted by Gasteiger charge is -2.21. The van der Waals surface area contributed by atoms with Gasteiger partial charge in [-0.05, 0) is 37.1 Å². The molecule has 0 saturated heterocycles. The van der Waals surface area contributed by atoms with Crippen LogP contribution in [0.4, 0.5) is 0 Å². The zero-order valence-electron chi connectivity index (χ0n) is 17.1. The van der Waals surface area contributed by atoms with E-state index in [1.807, 2.05) is 19.9 Å². The van der Waals surface area contributed by atoms with Gasteiger partial charge in [-0.25, -0.2) is 0 Å². The van der Waals surface area contributed by atoms with Crippen LogP contribution in [-0.2, 0) is 11.3 Å². The molecule has 2 aromatic carbocycles. The highest BCUT2D eigenvalue weighted by molar-refractivity contribution is 5.83. The van der Waals surface area contributed by atoms with Crippen LogP contribution in [0, 0.1) is 12.8 Å². The van der Waals surface area contributed by atoms with Gasteiger partial charge in [0.25, 0.3) is 0 Å². The fourth-order valence-corrected chi connectivity index (χ4v) is 3.27. The second-order valence-electron chi connectivity index (χ2n) is 7.25. The van der Waals surface area contributed by atoms with Crippen LogP contribution in [0.5, 0.6) is 17.2 Å². The monoisotopic (exact) mass is 411 g/mol. The minimum absolute atomic E-state index is 0.0335. The van der Waals surface area contributed by atoms with Crippen molar-refractivity contribution < 1.29 is 24.2 Å². The Kier molecular flexibility index (Phi) is 6.42. The molecule has 158 valence electrons. The Balaban J connectivity index is 2.01. The van der Waals surface area contributed by atoms with E-state index in [1.54, 1.807) is 31.2 Å². The number of hydrogen-bond acceptors (Lipinski definition) is 6. The lowest BCUT2D eigenvalue weighted by molar-refractivity contribution is -0.140. The minimum atomic E-state index is -0.972. The highest BCUT2D eigenvalue weighted by Crippen LogP contribution is 2.31. The van der Waals surface area contributed by atoms with Crippen molar-refractivity contribution in [3.05, 3.63) is 64.0 Å². The molecule has 7 nitrogen and oxygen atoms in total. The molecule has 0 amide bonds. The first-order valence-electron chi connectivity index (χ1n) is 9.80. The van der Waals surface area contributed by atoms with E-state index in [-0.39, 0.29) is 46.1 Å². The summed E-state index contributed by atoms with van der Waals surface area (Å²) in [4.78, 5) is 24.6.